The molecule has 3 aromatic carbocycles. The van der Waals surface area contributed by atoms with Gasteiger partial charge in [-0.25, -0.2) is 0 Å². The van der Waals surface area contributed by atoms with Gasteiger partial charge in [-0.1, -0.05) is 24.3 Å². The van der Waals surface area contributed by atoms with Crippen LogP contribution in [0.4, 0.5) is 0 Å². The summed E-state index contributed by atoms with van der Waals surface area (Å²) in [5.41, 5.74) is 6.75. The molecule has 0 aliphatic heterocycles. The predicted octanol–water partition coefficient (Wildman–Crippen LogP) is 5.20. The Kier molecular flexibility index (Phi) is 2.96. The van der Waals surface area contributed by atoms with Crippen LogP contribution in [-0.4, -0.2) is 0 Å². The van der Waals surface area contributed by atoms with Gasteiger partial charge in [0.15, 0.2) is 6.20 Å². The summed E-state index contributed by atoms with van der Waals surface area (Å²) < 4.78 is 2.29. The lowest BCUT2D eigenvalue weighted by Gasteiger charge is -2.10. The van der Waals surface area contributed by atoms with Crippen LogP contribution in [-0.2, 0) is 7.05 Å². The molecule has 0 fully saturated rings. The predicted molar refractivity (Wildman–Crippen MR) is 99.1 cm³/mol. The molecule has 0 saturated carbocycles. The lowest BCUT2D eigenvalue weighted by atomic mass is 9.95. The molecule has 0 aliphatic rings. The maximum Gasteiger partial charge on any atom is 0.220 e. The van der Waals surface area contributed by atoms with Crippen LogP contribution in [0.15, 0.2) is 42.6 Å². The summed E-state index contributed by atoms with van der Waals surface area (Å²) in [4.78, 5) is 0. The minimum atomic E-state index is 1.32. The van der Waals surface area contributed by atoms with Crippen LogP contribution in [0.5, 0.6) is 0 Å². The summed E-state index contributed by atoms with van der Waals surface area (Å²) in [6, 6.07) is 13.7. The molecule has 1 heterocycles. The van der Waals surface area contributed by atoms with Gasteiger partial charge in [0.05, 0.1) is 10.8 Å². The Labute approximate surface area is 137 Å². The number of hydrogen-bond donors (Lipinski definition) is 0. The van der Waals surface area contributed by atoms with E-state index in [-0.39, 0.29) is 0 Å². The molecule has 4 rings (SSSR count). The molecule has 0 unspecified atom stereocenters. The lowest BCUT2D eigenvalue weighted by molar-refractivity contribution is -0.642. The van der Waals surface area contributed by atoms with Crippen LogP contribution >= 0.6 is 0 Å². The molecular formula is C22H22N+. The van der Waals surface area contributed by atoms with Crippen molar-refractivity contribution in [1.82, 2.24) is 0 Å². The van der Waals surface area contributed by atoms with Crippen molar-refractivity contribution in [3.8, 4) is 0 Å². The largest absolute Gasteiger partial charge is 0.220 e. The Balaban J connectivity index is 2.28. The SMILES string of the molecule is Cc1cc2ccc3c4ccc(C)c(C)c4c[n+](C)c3c2cc1C. The van der Waals surface area contributed by atoms with E-state index in [0.717, 1.165) is 0 Å². The topological polar surface area (TPSA) is 3.88 Å². The fraction of sp³-hybridized carbons (Fsp3) is 0.227. The fourth-order valence-electron chi connectivity index (χ4n) is 3.67. The number of nitrogens with zero attached hydrogens (tertiary/aromatic N) is 1. The van der Waals surface area contributed by atoms with Crippen molar-refractivity contribution in [2.24, 2.45) is 7.05 Å². The fourth-order valence-corrected chi connectivity index (χ4v) is 3.67. The Morgan fingerprint density at radius 2 is 1.35 bits per heavy atom. The summed E-state index contributed by atoms with van der Waals surface area (Å²) in [5.74, 6) is 0. The highest BCUT2D eigenvalue weighted by Crippen LogP contribution is 2.31. The highest BCUT2D eigenvalue weighted by molar-refractivity contribution is 6.14. The molecule has 0 aliphatic carbocycles. The first-order chi connectivity index (χ1) is 11.0. The van der Waals surface area contributed by atoms with Gasteiger partial charge in [0.1, 0.15) is 7.05 Å². The van der Waals surface area contributed by atoms with Crippen molar-refractivity contribution in [3.63, 3.8) is 0 Å². The van der Waals surface area contributed by atoms with Gasteiger partial charge in [0, 0.05) is 10.8 Å². The van der Waals surface area contributed by atoms with Crippen LogP contribution in [0.3, 0.4) is 0 Å². The number of aromatic nitrogens is 1. The van der Waals surface area contributed by atoms with Crippen LogP contribution in [0.2, 0.25) is 0 Å². The van der Waals surface area contributed by atoms with Crippen molar-refractivity contribution in [3.05, 3.63) is 64.8 Å². The summed E-state index contributed by atoms with van der Waals surface area (Å²) in [6.45, 7) is 8.79. The van der Waals surface area contributed by atoms with E-state index in [1.807, 2.05) is 0 Å². The van der Waals surface area contributed by atoms with Crippen LogP contribution in [0.1, 0.15) is 22.3 Å². The zero-order chi connectivity index (χ0) is 16.3. The maximum absolute atomic E-state index is 2.33. The van der Waals surface area contributed by atoms with Crippen molar-refractivity contribution in [2.45, 2.75) is 27.7 Å². The highest BCUT2D eigenvalue weighted by atomic mass is 14.9. The molecule has 0 saturated heterocycles. The standard InChI is InChI=1S/C22H22N/c1-13-6-8-18-19-9-7-17-10-14(2)15(3)11-20(17)22(19)23(5)12-21(18)16(13)4/h6-12H,1-5H3/q+1. The number of rotatable bonds is 0. The molecule has 0 spiro atoms. The molecule has 0 amide bonds. The number of pyridine rings is 1. The van der Waals surface area contributed by atoms with Crippen molar-refractivity contribution in [2.75, 3.05) is 0 Å². The molecule has 0 bridgehead atoms. The molecule has 4 aromatic rings. The first kappa shape index (κ1) is 14.2. The summed E-state index contributed by atoms with van der Waals surface area (Å²) in [7, 11) is 2.16. The second kappa shape index (κ2) is 4.79. The number of aryl methyl sites for hydroxylation is 5. The quantitative estimate of drug-likeness (QED) is 0.310. The lowest BCUT2D eigenvalue weighted by Crippen LogP contribution is -2.28. The molecular weight excluding hydrogens is 278 g/mol. The molecule has 1 nitrogen and oxygen atoms in total. The highest BCUT2D eigenvalue weighted by Gasteiger charge is 2.16. The Bertz CT molecular complexity index is 1100. The minimum absolute atomic E-state index is 1.32. The Morgan fingerprint density at radius 3 is 2.13 bits per heavy atom. The average Bonchev–Trinajstić information content (AvgIpc) is 2.52. The normalized spacial score (nSPS) is 11.7. The molecule has 1 aromatic heterocycles. The van der Waals surface area contributed by atoms with Gasteiger partial charge < -0.3 is 0 Å². The first-order valence-electron chi connectivity index (χ1n) is 8.19. The summed E-state index contributed by atoms with van der Waals surface area (Å²) >= 11 is 0. The van der Waals surface area contributed by atoms with Crippen molar-refractivity contribution >= 4 is 32.4 Å². The van der Waals surface area contributed by atoms with Gasteiger partial charge in [0.25, 0.3) is 0 Å². The monoisotopic (exact) mass is 300 g/mol. The molecule has 114 valence electrons. The average molecular weight is 300 g/mol. The Morgan fingerprint density at radius 1 is 0.652 bits per heavy atom. The first-order valence-corrected chi connectivity index (χ1v) is 8.19. The maximum atomic E-state index is 2.33. The zero-order valence-electron chi connectivity index (χ0n) is 14.5. The Hall–Kier alpha value is -2.41. The van der Waals surface area contributed by atoms with Crippen LogP contribution in [0.25, 0.3) is 32.4 Å². The van der Waals surface area contributed by atoms with Crippen LogP contribution in [0, 0.1) is 27.7 Å². The van der Waals surface area contributed by atoms with Crippen molar-refractivity contribution < 1.29 is 4.57 Å². The van der Waals surface area contributed by atoms with E-state index in [0.29, 0.717) is 0 Å². The van der Waals surface area contributed by atoms with Gasteiger partial charge in [-0.05, 0) is 67.5 Å². The number of benzene rings is 3. The summed E-state index contributed by atoms with van der Waals surface area (Å²) in [5, 5.41) is 6.70. The number of fused-ring (bicyclic) bond motifs is 5. The van der Waals surface area contributed by atoms with Gasteiger partial charge >= 0.3 is 0 Å². The minimum Gasteiger partial charge on any atom is -0.200 e. The zero-order valence-corrected chi connectivity index (χ0v) is 14.5. The smallest absolute Gasteiger partial charge is 0.200 e. The van der Waals surface area contributed by atoms with E-state index in [9.17, 15) is 0 Å². The van der Waals surface area contributed by atoms with Crippen LogP contribution < -0.4 is 4.57 Å². The van der Waals surface area contributed by atoms with E-state index < -0.39 is 0 Å². The van der Waals surface area contributed by atoms with Crippen molar-refractivity contribution in [1.29, 1.82) is 0 Å². The van der Waals surface area contributed by atoms with E-state index in [4.69, 9.17) is 0 Å². The molecule has 0 N–H and O–H groups in total. The second-order valence-corrected chi connectivity index (χ2v) is 6.83. The third-order valence-corrected chi connectivity index (χ3v) is 5.36. The van der Waals surface area contributed by atoms with Gasteiger partial charge in [-0.2, -0.15) is 4.57 Å². The van der Waals surface area contributed by atoms with Gasteiger partial charge in [-0.3, -0.25) is 0 Å². The van der Waals surface area contributed by atoms with E-state index in [1.165, 1.54) is 54.7 Å². The third-order valence-electron chi connectivity index (χ3n) is 5.36. The molecule has 0 atom stereocenters. The molecule has 0 radical (unpaired) electrons. The van der Waals surface area contributed by atoms with Gasteiger partial charge in [-0.15, -0.1) is 0 Å². The number of hydrogen-bond acceptors (Lipinski definition) is 0. The molecule has 23 heavy (non-hydrogen) atoms. The van der Waals surface area contributed by atoms with E-state index in [1.54, 1.807) is 0 Å². The van der Waals surface area contributed by atoms with E-state index in [2.05, 4.69) is 81.9 Å². The second-order valence-electron chi connectivity index (χ2n) is 6.83. The summed E-state index contributed by atoms with van der Waals surface area (Å²) in [6.07, 6.45) is 2.29. The third kappa shape index (κ3) is 1.96. The van der Waals surface area contributed by atoms with Gasteiger partial charge in [0.2, 0.25) is 5.52 Å². The molecule has 1 heteroatoms. The van der Waals surface area contributed by atoms with E-state index >= 15 is 0 Å².